The molecule has 2 rings (SSSR count). The highest BCUT2D eigenvalue weighted by atomic mass is 19.4. The summed E-state index contributed by atoms with van der Waals surface area (Å²) in [6.07, 6.45) is -3.35. The third kappa shape index (κ3) is 2.68. The lowest BCUT2D eigenvalue weighted by Gasteiger charge is -2.18. The molecule has 1 aromatic heterocycles. The molecule has 108 valence electrons. The molecule has 2 aromatic rings. The summed E-state index contributed by atoms with van der Waals surface area (Å²) in [6.45, 7) is 1.66. The van der Waals surface area contributed by atoms with Gasteiger partial charge in [-0.25, -0.2) is 9.82 Å². The van der Waals surface area contributed by atoms with Crippen LogP contribution in [0.3, 0.4) is 0 Å². The van der Waals surface area contributed by atoms with E-state index in [0.29, 0.717) is 11.3 Å². The molecular weight excluding hydrogens is 276 g/mol. The Bertz CT molecular complexity index is 607. The molecule has 0 amide bonds. The number of nitrogens with one attached hydrogen (secondary N) is 1. The first-order valence-corrected chi connectivity index (χ1v) is 5.71. The number of hydrazine groups is 1. The summed E-state index contributed by atoms with van der Waals surface area (Å²) in [4.78, 5) is 0. The fourth-order valence-electron chi connectivity index (χ4n) is 2.00. The molecule has 3 nitrogen and oxygen atoms in total. The summed E-state index contributed by atoms with van der Waals surface area (Å²) >= 11 is 0. The highest BCUT2D eigenvalue weighted by Crippen LogP contribution is 2.34. The number of halogens is 4. The van der Waals surface area contributed by atoms with Gasteiger partial charge in [-0.3, -0.25) is 5.84 Å². The summed E-state index contributed by atoms with van der Waals surface area (Å²) in [7, 11) is 0. The van der Waals surface area contributed by atoms with E-state index in [-0.39, 0.29) is 5.56 Å². The van der Waals surface area contributed by atoms with Crippen molar-refractivity contribution in [2.24, 2.45) is 5.84 Å². The second-order valence-electron chi connectivity index (χ2n) is 4.27. The van der Waals surface area contributed by atoms with Crippen molar-refractivity contribution in [3.05, 3.63) is 58.8 Å². The van der Waals surface area contributed by atoms with E-state index in [1.807, 2.05) is 0 Å². The molecule has 0 aliphatic carbocycles. The maximum absolute atomic E-state index is 13.3. The lowest BCUT2D eigenvalue weighted by atomic mass is 9.97. The number of rotatable bonds is 3. The number of hydrogen-bond donors (Lipinski definition) is 2. The Balaban J connectivity index is 2.49. The van der Waals surface area contributed by atoms with Crippen molar-refractivity contribution in [1.29, 1.82) is 0 Å². The third-order valence-electron chi connectivity index (χ3n) is 3.01. The predicted octanol–water partition coefficient (Wildman–Crippen LogP) is 3.30. The van der Waals surface area contributed by atoms with Crippen LogP contribution in [0, 0.1) is 12.7 Å². The van der Waals surface area contributed by atoms with Crippen molar-refractivity contribution < 1.29 is 22.0 Å². The Hall–Kier alpha value is -1.86. The average molecular weight is 288 g/mol. The molecule has 20 heavy (non-hydrogen) atoms. The Morgan fingerprint density at radius 3 is 2.45 bits per heavy atom. The third-order valence-corrected chi connectivity index (χ3v) is 3.01. The molecular formula is C13H12F4N2O. The summed E-state index contributed by atoms with van der Waals surface area (Å²) in [5, 5.41) is 0. The van der Waals surface area contributed by atoms with E-state index in [1.54, 1.807) is 13.0 Å². The summed E-state index contributed by atoms with van der Waals surface area (Å²) < 4.78 is 56.5. The number of furan rings is 1. The van der Waals surface area contributed by atoms with Gasteiger partial charge in [0.15, 0.2) is 0 Å². The highest BCUT2D eigenvalue weighted by molar-refractivity contribution is 5.36. The van der Waals surface area contributed by atoms with Crippen molar-refractivity contribution in [1.82, 2.24) is 5.43 Å². The standard InChI is InChI=1S/C13H12F4N2O/c1-7-9(4-5-20-7)12(19-18)8-2-3-11(14)10(6-8)13(15,16)17/h2-6,12,19H,18H2,1H3. The van der Waals surface area contributed by atoms with E-state index in [2.05, 4.69) is 5.43 Å². The van der Waals surface area contributed by atoms with Crippen LogP contribution in [0.4, 0.5) is 17.6 Å². The van der Waals surface area contributed by atoms with Gasteiger partial charge in [0.05, 0.1) is 17.9 Å². The smallest absolute Gasteiger partial charge is 0.419 e. The minimum Gasteiger partial charge on any atom is -0.469 e. The normalized spacial score (nSPS) is 13.5. The van der Waals surface area contributed by atoms with E-state index in [9.17, 15) is 17.6 Å². The van der Waals surface area contributed by atoms with Gasteiger partial charge in [-0.05, 0) is 30.7 Å². The van der Waals surface area contributed by atoms with Gasteiger partial charge in [0.2, 0.25) is 0 Å². The molecule has 0 saturated carbocycles. The lowest BCUT2D eigenvalue weighted by Crippen LogP contribution is -2.29. The van der Waals surface area contributed by atoms with E-state index in [1.165, 1.54) is 12.3 Å². The molecule has 1 aromatic carbocycles. The number of alkyl halides is 3. The summed E-state index contributed by atoms with van der Waals surface area (Å²) in [6, 6.07) is 3.65. The minimum absolute atomic E-state index is 0.200. The van der Waals surface area contributed by atoms with Crippen LogP contribution < -0.4 is 11.3 Å². The van der Waals surface area contributed by atoms with Gasteiger partial charge >= 0.3 is 6.18 Å². The molecule has 1 unspecified atom stereocenters. The Labute approximate surface area is 112 Å². The van der Waals surface area contributed by atoms with Crippen LogP contribution in [-0.2, 0) is 6.18 Å². The molecule has 1 heterocycles. The second-order valence-corrected chi connectivity index (χ2v) is 4.27. The molecule has 0 bridgehead atoms. The molecule has 0 fully saturated rings. The van der Waals surface area contributed by atoms with Gasteiger partial charge in [0, 0.05) is 5.56 Å². The zero-order valence-corrected chi connectivity index (χ0v) is 10.5. The Morgan fingerprint density at radius 2 is 1.95 bits per heavy atom. The van der Waals surface area contributed by atoms with Gasteiger partial charge in [0.1, 0.15) is 11.6 Å². The van der Waals surface area contributed by atoms with Crippen LogP contribution >= 0.6 is 0 Å². The molecule has 0 spiro atoms. The first kappa shape index (κ1) is 14.5. The number of nitrogens with two attached hydrogens (primary N) is 1. The minimum atomic E-state index is -4.76. The van der Waals surface area contributed by atoms with Crippen molar-refractivity contribution in [2.75, 3.05) is 0 Å². The molecule has 0 saturated heterocycles. The van der Waals surface area contributed by atoms with Crippen molar-refractivity contribution in [2.45, 2.75) is 19.1 Å². The van der Waals surface area contributed by atoms with Gasteiger partial charge in [-0.15, -0.1) is 0 Å². The summed E-state index contributed by atoms with van der Waals surface area (Å²) in [5.41, 5.74) is 1.88. The van der Waals surface area contributed by atoms with E-state index in [4.69, 9.17) is 10.3 Å². The zero-order valence-electron chi connectivity index (χ0n) is 10.5. The Kier molecular flexibility index (Phi) is 3.82. The van der Waals surface area contributed by atoms with Crippen LogP contribution in [0.2, 0.25) is 0 Å². The van der Waals surface area contributed by atoms with Crippen LogP contribution in [-0.4, -0.2) is 0 Å². The number of hydrogen-bond acceptors (Lipinski definition) is 3. The van der Waals surface area contributed by atoms with Crippen LogP contribution in [0.15, 0.2) is 34.9 Å². The topological polar surface area (TPSA) is 51.2 Å². The summed E-state index contributed by atoms with van der Waals surface area (Å²) in [5.74, 6) is 4.60. The fraction of sp³-hybridized carbons (Fsp3) is 0.231. The molecule has 7 heteroatoms. The van der Waals surface area contributed by atoms with Crippen molar-refractivity contribution in [3.63, 3.8) is 0 Å². The zero-order chi connectivity index (χ0) is 14.9. The number of benzene rings is 1. The maximum atomic E-state index is 13.3. The van der Waals surface area contributed by atoms with Crippen LogP contribution in [0.5, 0.6) is 0 Å². The molecule has 1 atom stereocenters. The fourth-order valence-corrected chi connectivity index (χ4v) is 2.00. The SMILES string of the molecule is Cc1occc1C(NN)c1ccc(F)c(C(F)(F)F)c1. The van der Waals surface area contributed by atoms with E-state index >= 15 is 0 Å². The van der Waals surface area contributed by atoms with Crippen LogP contribution in [0.1, 0.15) is 28.5 Å². The van der Waals surface area contributed by atoms with Crippen LogP contribution in [0.25, 0.3) is 0 Å². The molecule has 3 N–H and O–H groups in total. The van der Waals surface area contributed by atoms with E-state index < -0.39 is 23.6 Å². The molecule has 0 aliphatic rings. The van der Waals surface area contributed by atoms with Crippen molar-refractivity contribution >= 4 is 0 Å². The average Bonchev–Trinajstić information content (AvgIpc) is 2.77. The largest absolute Gasteiger partial charge is 0.469 e. The molecule has 0 radical (unpaired) electrons. The van der Waals surface area contributed by atoms with Crippen molar-refractivity contribution in [3.8, 4) is 0 Å². The lowest BCUT2D eigenvalue weighted by molar-refractivity contribution is -0.140. The monoisotopic (exact) mass is 288 g/mol. The quantitative estimate of drug-likeness (QED) is 0.517. The van der Waals surface area contributed by atoms with E-state index in [0.717, 1.165) is 12.1 Å². The first-order chi connectivity index (χ1) is 9.34. The van der Waals surface area contributed by atoms with Gasteiger partial charge in [-0.2, -0.15) is 13.2 Å². The highest BCUT2D eigenvalue weighted by Gasteiger charge is 2.35. The number of aryl methyl sites for hydroxylation is 1. The van der Waals surface area contributed by atoms with Gasteiger partial charge in [0.25, 0.3) is 0 Å². The Morgan fingerprint density at radius 1 is 1.25 bits per heavy atom. The molecule has 0 aliphatic heterocycles. The van der Waals surface area contributed by atoms with Gasteiger partial charge < -0.3 is 4.42 Å². The first-order valence-electron chi connectivity index (χ1n) is 5.71. The van der Waals surface area contributed by atoms with Gasteiger partial charge in [-0.1, -0.05) is 6.07 Å². The maximum Gasteiger partial charge on any atom is 0.419 e. The predicted molar refractivity (Wildman–Crippen MR) is 64.0 cm³/mol. The second kappa shape index (κ2) is 5.26.